The second-order valence-electron chi connectivity index (χ2n) is 8.18. The van der Waals surface area contributed by atoms with Gasteiger partial charge < -0.3 is 9.53 Å². The van der Waals surface area contributed by atoms with Crippen molar-refractivity contribution in [2.24, 2.45) is 17.8 Å². The van der Waals surface area contributed by atoms with Crippen LogP contribution in [0.25, 0.3) is 11.4 Å². The van der Waals surface area contributed by atoms with Crippen LogP contribution in [-0.4, -0.2) is 28.6 Å². The van der Waals surface area contributed by atoms with E-state index in [0.717, 1.165) is 35.9 Å². The molecule has 2 aromatic rings. The van der Waals surface area contributed by atoms with Crippen molar-refractivity contribution in [2.45, 2.75) is 45.4 Å². The van der Waals surface area contributed by atoms with Gasteiger partial charge in [0.15, 0.2) is 5.82 Å². The molecule has 1 saturated carbocycles. The van der Waals surface area contributed by atoms with E-state index in [2.05, 4.69) is 6.92 Å². The molecule has 146 valence electrons. The predicted molar refractivity (Wildman–Crippen MR) is 106 cm³/mol. The number of rotatable bonds is 4. The van der Waals surface area contributed by atoms with Crippen molar-refractivity contribution in [1.29, 1.82) is 0 Å². The van der Waals surface area contributed by atoms with Gasteiger partial charge in [-0.3, -0.25) is 4.79 Å². The van der Waals surface area contributed by atoms with E-state index < -0.39 is 5.92 Å². The molecule has 0 radical (unpaired) electrons. The van der Waals surface area contributed by atoms with Gasteiger partial charge in [-0.15, -0.1) is 0 Å². The average molecular weight is 378 g/mol. The van der Waals surface area contributed by atoms with Crippen LogP contribution in [0.1, 0.15) is 44.9 Å². The minimum Gasteiger partial charge on any atom is -0.478 e. The van der Waals surface area contributed by atoms with E-state index >= 15 is 0 Å². The van der Waals surface area contributed by atoms with Crippen LogP contribution in [0.5, 0.6) is 5.88 Å². The number of carbonyl (C=O) groups excluding carboxylic acids is 2. The number of hydrogen-bond donors (Lipinski definition) is 0. The molecule has 0 bridgehead atoms. The van der Waals surface area contributed by atoms with Gasteiger partial charge in [0.1, 0.15) is 12.1 Å². The maximum atomic E-state index is 12.6. The van der Waals surface area contributed by atoms with Crippen molar-refractivity contribution in [1.82, 2.24) is 9.97 Å². The van der Waals surface area contributed by atoms with Crippen molar-refractivity contribution in [3.05, 3.63) is 41.6 Å². The number of fused-ring (bicyclic) bond motifs is 3. The molecule has 1 heterocycles. The Balaban J connectivity index is 1.90. The molecule has 0 aliphatic heterocycles. The van der Waals surface area contributed by atoms with E-state index in [9.17, 15) is 9.59 Å². The minimum absolute atomic E-state index is 0.0725. The van der Waals surface area contributed by atoms with E-state index in [1.165, 1.54) is 0 Å². The fraction of sp³-hybridized carbons (Fsp3) is 0.478. The molecule has 28 heavy (non-hydrogen) atoms. The maximum absolute atomic E-state index is 12.6. The Morgan fingerprint density at radius 1 is 1.25 bits per heavy atom. The molecule has 1 aromatic heterocycles. The molecule has 5 nitrogen and oxygen atoms in total. The first-order valence-electron chi connectivity index (χ1n) is 10.1. The molecular formula is C23H26N2O3. The van der Waals surface area contributed by atoms with Gasteiger partial charge in [-0.25, -0.2) is 4.98 Å². The summed E-state index contributed by atoms with van der Waals surface area (Å²) >= 11 is 0. The first-order chi connectivity index (χ1) is 13.5. The third-order valence-electron chi connectivity index (χ3n) is 6.57. The Morgan fingerprint density at radius 2 is 2.00 bits per heavy atom. The van der Waals surface area contributed by atoms with Gasteiger partial charge in [-0.2, -0.15) is 4.98 Å². The van der Waals surface area contributed by atoms with E-state index in [1.807, 2.05) is 44.2 Å². The highest BCUT2D eigenvalue weighted by molar-refractivity contribution is 5.96. The molecule has 4 atom stereocenters. The first-order valence-corrected chi connectivity index (χ1v) is 10.1. The summed E-state index contributed by atoms with van der Waals surface area (Å²) in [5.74, 6) is 0.816. The average Bonchev–Trinajstić information content (AvgIpc) is 2.71. The van der Waals surface area contributed by atoms with E-state index in [-0.39, 0.29) is 23.0 Å². The number of ether oxygens (including phenoxy) is 1. The van der Waals surface area contributed by atoms with Gasteiger partial charge >= 0.3 is 0 Å². The summed E-state index contributed by atoms with van der Waals surface area (Å²) in [6, 6.07) is 9.87. The fourth-order valence-corrected chi connectivity index (χ4v) is 5.19. The Labute approximate surface area is 165 Å². The van der Waals surface area contributed by atoms with E-state index in [0.29, 0.717) is 24.7 Å². The first kappa shape index (κ1) is 18.8. The zero-order valence-electron chi connectivity index (χ0n) is 16.6. The van der Waals surface area contributed by atoms with E-state index in [1.54, 1.807) is 0 Å². The lowest BCUT2D eigenvalue weighted by molar-refractivity contribution is -0.137. The number of aldehydes is 1. The SMILES string of the molecule is CCOc1nc(-c2ccccc2)nc2c1CC[C@H]1[C@H](C)C(=O)C(C=O)C[C@]21C. The van der Waals surface area contributed by atoms with Crippen molar-refractivity contribution in [3.63, 3.8) is 0 Å². The Kier molecular flexibility index (Phi) is 4.77. The fourth-order valence-electron chi connectivity index (χ4n) is 5.19. The van der Waals surface area contributed by atoms with Crippen LogP contribution in [0.15, 0.2) is 30.3 Å². The molecule has 4 rings (SSSR count). The van der Waals surface area contributed by atoms with Crippen molar-refractivity contribution < 1.29 is 14.3 Å². The topological polar surface area (TPSA) is 69.2 Å². The maximum Gasteiger partial charge on any atom is 0.220 e. The largest absolute Gasteiger partial charge is 0.478 e. The molecule has 1 fully saturated rings. The normalized spacial score (nSPS) is 29.0. The van der Waals surface area contributed by atoms with Crippen LogP contribution >= 0.6 is 0 Å². The second kappa shape index (κ2) is 7.12. The summed E-state index contributed by atoms with van der Waals surface area (Å²) in [5, 5.41) is 0. The summed E-state index contributed by atoms with van der Waals surface area (Å²) in [4.78, 5) is 34.0. The van der Waals surface area contributed by atoms with Crippen molar-refractivity contribution in [3.8, 4) is 17.3 Å². The van der Waals surface area contributed by atoms with Crippen molar-refractivity contribution in [2.75, 3.05) is 6.61 Å². The van der Waals surface area contributed by atoms with Gasteiger partial charge in [0.05, 0.1) is 18.2 Å². The number of nitrogens with zero attached hydrogens (tertiary/aromatic N) is 2. The number of hydrogen-bond acceptors (Lipinski definition) is 5. The molecule has 0 saturated heterocycles. The summed E-state index contributed by atoms with van der Waals surface area (Å²) in [6.07, 6.45) is 3.00. The Morgan fingerprint density at radius 3 is 2.68 bits per heavy atom. The third-order valence-corrected chi connectivity index (χ3v) is 6.57. The molecule has 0 spiro atoms. The molecule has 0 amide bonds. The third kappa shape index (κ3) is 2.84. The lowest BCUT2D eigenvalue weighted by Gasteiger charge is -2.49. The summed E-state index contributed by atoms with van der Waals surface area (Å²) < 4.78 is 5.90. The molecule has 0 N–H and O–H groups in total. The van der Waals surface area contributed by atoms with Crippen LogP contribution in [0.2, 0.25) is 0 Å². The second-order valence-corrected chi connectivity index (χ2v) is 8.18. The molecule has 2 aliphatic carbocycles. The predicted octanol–water partition coefficient (Wildman–Crippen LogP) is 3.79. The van der Waals surface area contributed by atoms with Crippen molar-refractivity contribution >= 4 is 12.1 Å². The molecule has 2 aliphatic rings. The van der Waals surface area contributed by atoms with Gasteiger partial charge in [0.25, 0.3) is 0 Å². The van der Waals surface area contributed by atoms with Crippen LogP contribution in [0.3, 0.4) is 0 Å². The quantitative estimate of drug-likeness (QED) is 0.598. The highest BCUT2D eigenvalue weighted by Crippen LogP contribution is 2.53. The number of carbonyl (C=O) groups is 2. The van der Waals surface area contributed by atoms with Gasteiger partial charge in [0.2, 0.25) is 5.88 Å². The lowest BCUT2D eigenvalue weighted by atomic mass is 9.54. The van der Waals surface area contributed by atoms with Gasteiger partial charge in [0, 0.05) is 22.5 Å². The molecule has 1 unspecified atom stereocenters. The standard InChI is InChI=1S/C23H26N2O3/c1-4-28-22-17-10-11-18-14(2)19(27)16(13-26)12-23(18,3)20(17)24-21(25-22)15-8-6-5-7-9-15/h5-9,13-14,16,18H,4,10-12H2,1-3H3/t14-,16?,18-,23-/m0/s1. The summed E-state index contributed by atoms with van der Waals surface area (Å²) in [7, 11) is 0. The molecule has 1 aromatic carbocycles. The van der Waals surface area contributed by atoms with Crippen LogP contribution in [0, 0.1) is 17.8 Å². The molecular weight excluding hydrogens is 352 g/mol. The van der Waals surface area contributed by atoms with E-state index in [4.69, 9.17) is 14.7 Å². The molecule has 5 heteroatoms. The van der Waals surface area contributed by atoms with Crippen LogP contribution in [0.4, 0.5) is 0 Å². The minimum atomic E-state index is -0.562. The zero-order chi connectivity index (χ0) is 19.9. The number of benzene rings is 1. The Hall–Kier alpha value is -2.56. The number of aromatic nitrogens is 2. The lowest BCUT2D eigenvalue weighted by Crippen LogP contribution is -2.51. The van der Waals surface area contributed by atoms with Crippen LogP contribution in [-0.2, 0) is 21.4 Å². The van der Waals surface area contributed by atoms with Crippen LogP contribution < -0.4 is 4.74 Å². The smallest absolute Gasteiger partial charge is 0.220 e. The number of Topliss-reactive ketones (excluding diaryl/α,β-unsaturated/α-hetero) is 1. The monoisotopic (exact) mass is 378 g/mol. The highest BCUT2D eigenvalue weighted by Gasteiger charge is 2.53. The highest BCUT2D eigenvalue weighted by atomic mass is 16.5. The summed E-state index contributed by atoms with van der Waals surface area (Å²) in [5.41, 5.74) is 2.58. The Bertz CT molecular complexity index is 912. The zero-order valence-corrected chi connectivity index (χ0v) is 16.6. The van der Waals surface area contributed by atoms with Gasteiger partial charge in [-0.1, -0.05) is 44.2 Å². The van der Waals surface area contributed by atoms with Gasteiger partial charge in [-0.05, 0) is 32.1 Å². The summed E-state index contributed by atoms with van der Waals surface area (Å²) in [6.45, 7) is 6.61. The number of ketones is 1.